The maximum Gasteiger partial charge on any atom is 0.337 e. The van der Waals surface area contributed by atoms with Crippen molar-refractivity contribution < 1.29 is 14.6 Å². The van der Waals surface area contributed by atoms with E-state index in [-0.39, 0.29) is 0 Å². The van der Waals surface area contributed by atoms with Crippen LogP contribution in [0.1, 0.15) is 22.0 Å². The van der Waals surface area contributed by atoms with E-state index < -0.39 is 18.2 Å². The zero-order valence-electron chi connectivity index (χ0n) is 8.38. The highest BCUT2D eigenvalue weighted by molar-refractivity contribution is 5.89. The molecular weight excluding hydrogens is 196 g/mol. The van der Waals surface area contributed by atoms with E-state index in [1.54, 1.807) is 24.3 Å². The molecule has 82 valence electrons. The molecule has 0 fully saturated rings. The van der Waals surface area contributed by atoms with Crippen LogP contribution in [0.3, 0.4) is 0 Å². The summed E-state index contributed by atoms with van der Waals surface area (Å²) < 4.78 is 4.54. The summed E-state index contributed by atoms with van der Waals surface area (Å²) in [5.74, 6) is -0.414. The summed E-state index contributed by atoms with van der Waals surface area (Å²) in [6, 6.07) is 5.75. The molecule has 0 saturated heterocycles. The summed E-state index contributed by atoms with van der Waals surface area (Å²) in [5, 5.41) is 9.06. The Labute approximate surface area is 87.6 Å². The molecule has 0 amide bonds. The van der Waals surface area contributed by atoms with Crippen molar-refractivity contribution in [3.05, 3.63) is 35.4 Å². The number of benzene rings is 1. The van der Waals surface area contributed by atoms with Gasteiger partial charge in [-0.05, 0) is 17.7 Å². The van der Waals surface area contributed by atoms with Crippen molar-refractivity contribution in [3.63, 3.8) is 0 Å². The number of carbonyl (C=O) groups is 1. The number of nitrogens with two attached hydrogens (primary N) is 2. The van der Waals surface area contributed by atoms with Gasteiger partial charge in [-0.1, -0.05) is 12.1 Å². The third kappa shape index (κ3) is 2.76. The fourth-order valence-corrected chi connectivity index (χ4v) is 1.16. The van der Waals surface area contributed by atoms with Crippen molar-refractivity contribution in [3.8, 4) is 0 Å². The van der Waals surface area contributed by atoms with Gasteiger partial charge in [0.15, 0.2) is 0 Å². The summed E-state index contributed by atoms with van der Waals surface area (Å²) in [5.41, 5.74) is 11.9. The Kier molecular flexibility index (Phi) is 3.79. The molecule has 1 aromatic carbocycles. The lowest BCUT2D eigenvalue weighted by Crippen LogP contribution is -2.33. The van der Waals surface area contributed by atoms with Crippen LogP contribution in [0.25, 0.3) is 0 Å². The molecule has 1 aromatic rings. The van der Waals surface area contributed by atoms with Gasteiger partial charge in [0.25, 0.3) is 0 Å². The van der Waals surface area contributed by atoms with E-state index in [4.69, 9.17) is 16.6 Å². The van der Waals surface area contributed by atoms with Gasteiger partial charge in [0.2, 0.25) is 0 Å². The molecule has 0 radical (unpaired) electrons. The van der Waals surface area contributed by atoms with Crippen LogP contribution in [0.15, 0.2) is 24.3 Å². The van der Waals surface area contributed by atoms with Crippen molar-refractivity contribution in [1.82, 2.24) is 0 Å². The first-order chi connectivity index (χ1) is 7.06. The molecule has 1 rings (SSSR count). The predicted molar refractivity (Wildman–Crippen MR) is 54.9 cm³/mol. The molecule has 0 aliphatic carbocycles. The van der Waals surface area contributed by atoms with E-state index in [1.165, 1.54) is 7.11 Å². The summed E-state index contributed by atoms with van der Waals surface area (Å²) in [4.78, 5) is 11.1. The third-order valence-corrected chi connectivity index (χ3v) is 2.08. The SMILES string of the molecule is COC(=O)c1ccc([C@@H](N)C(N)O)cc1. The van der Waals surface area contributed by atoms with Gasteiger partial charge >= 0.3 is 5.97 Å². The Morgan fingerprint density at radius 3 is 2.27 bits per heavy atom. The quantitative estimate of drug-likeness (QED) is 0.472. The standard InChI is InChI=1S/C10H14N2O3/c1-15-10(14)7-4-2-6(3-5-7)8(11)9(12)13/h2-5,8-9,13H,11-12H2,1H3/t8-,9?/m1/s1. The maximum absolute atomic E-state index is 11.1. The monoisotopic (exact) mass is 210 g/mol. The number of carbonyl (C=O) groups excluding carboxylic acids is 1. The normalized spacial score (nSPS) is 14.4. The second-order valence-corrected chi connectivity index (χ2v) is 3.13. The van der Waals surface area contributed by atoms with E-state index in [0.717, 1.165) is 0 Å². The molecule has 5 N–H and O–H groups in total. The second-order valence-electron chi connectivity index (χ2n) is 3.13. The molecule has 0 aliphatic heterocycles. The molecule has 5 nitrogen and oxygen atoms in total. The van der Waals surface area contributed by atoms with Crippen molar-refractivity contribution in [1.29, 1.82) is 0 Å². The summed E-state index contributed by atoms with van der Waals surface area (Å²) in [6.07, 6.45) is -1.12. The van der Waals surface area contributed by atoms with Crippen LogP contribution >= 0.6 is 0 Å². The lowest BCUT2D eigenvalue weighted by molar-refractivity contribution is 0.0600. The number of hydrogen-bond donors (Lipinski definition) is 3. The Bertz CT molecular complexity index is 335. The average molecular weight is 210 g/mol. The topological polar surface area (TPSA) is 98.6 Å². The number of hydrogen-bond acceptors (Lipinski definition) is 5. The van der Waals surface area contributed by atoms with Crippen LogP contribution in [0.4, 0.5) is 0 Å². The molecule has 0 bridgehead atoms. The molecule has 2 atom stereocenters. The van der Waals surface area contributed by atoms with Crippen LogP contribution < -0.4 is 11.5 Å². The van der Waals surface area contributed by atoms with Crippen LogP contribution in [-0.4, -0.2) is 24.4 Å². The Hall–Kier alpha value is -1.43. The van der Waals surface area contributed by atoms with Crippen molar-refractivity contribution >= 4 is 5.97 Å². The van der Waals surface area contributed by atoms with Gasteiger partial charge in [0.05, 0.1) is 18.7 Å². The van der Waals surface area contributed by atoms with Gasteiger partial charge in [0.1, 0.15) is 6.23 Å². The molecule has 0 spiro atoms. The minimum absolute atomic E-state index is 0.414. The Morgan fingerprint density at radius 2 is 1.87 bits per heavy atom. The molecular formula is C10H14N2O3. The fourth-order valence-electron chi connectivity index (χ4n) is 1.16. The van der Waals surface area contributed by atoms with Crippen LogP contribution in [0.2, 0.25) is 0 Å². The van der Waals surface area contributed by atoms with E-state index in [2.05, 4.69) is 4.74 Å². The number of rotatable bonds is 3. The van der Waals surface area contributed by atoms with Crippen LogP contribution in [0, 0.1) is 0 Å². The highest BCUT2D eigenvalue weighted by Crippen LogP contribution is 2.13. The van der Waals surface area contributed by atoms with Crippen molar-refractivity contribution in [2.45, 2.75) is 12.3 Å². The first kappa shape index (κ1) is 11.6. The second kappa shape index (κ2) is 4.88. The predicted octanol–water partition coefficient (Wildman–Crippen LogP) is -0.250. The van der Waals surface area contributed by atoms with Crippen molar-refractivity contribution in [2.75, 3.05) is 7.11 Å². The van der Waals surface area contributed by atoms with Crippen molar-refractivity contribution in [2.24, 2.45) is 11.5 Å². The molecule has 0 aliphatic rings. The first-order valence-electron chi connectivity index (χ1n) is 4.43. The number of aliphatic hydroxyl groups excluding tert-OH is 1. The average Bonchev–Trinajstić information content (AvgIpc) is 2.27. The van der Waals surface area contributed by atoms with E-state index in [0.29, 0.717) is 11.1 Å². The molecule has 5 heteroatoms. The van der Waals surface area contributed by atoms with Gasteiger partial charge in [-0.25, -0.2) is 4.79 Å². The molecule has 0 saturated carbocycles. The largest absolute Gasteiger partial charge is 0.465 e. The van der Waals surface area contributed by atoms with Crippen LogP contribution in [-0.2, 0) is 4.74 Å². The number of esters is 1. The fraction of sp³-hybridized carbons (Fsp3) is 0.300. The lowest BCUT2D eigenvalue weighted by atomic mass is 10.0. The number of methoxy groups -OCH3 is 1. The number of aliphatic hydroxyl groups is 1. The summed E-state index contributed by atoms with van der Waals surface area (Å²) in [7, 11) is 1.31. The first-order valence-corrected chi connectivity index (χ1v) is 4.43. The van der Waals surface area contributed by atoms with Crippen LogP contribution in [0.5, 0.6) is 0 Å². The lowest BCUT2D eigenvalue weighted by Gasteiger charge is -2.14. The van der Waals surface area contributed by atoms with Gasteiger partial charge in [-0.3, -0.25) is 0 Å². The van der Waals surface area contributed by atoms with E-state index in [9.17, 15) is 4.79 Å². The highest BCUT2D eigenvalue weighted by Gasteiger charge is 2.13. The Morgan fingerprint density at radius 1 is 1.33 bits per heavy atom. The minimum Gasteiger partial charge on any atom is -0.465 e. The summed E-state index contributed by atoms with van der Waals surface area (Å²) in [6.45, 7) is 0. The zero-order valence-corrected chi connectivity index (χ0v) is 8.38. The zero-order chi connectivity index (χ0) is 11.4. The van der Waals surface area contributed by atoms with Gasteiger partial charge in [0, 0.05) is 0 Å². The third-order valence-electron chi connectivity index (χ3n) is 2.08. The highest BCUT2D eigenvalue weighted by atomic mass is 16.5. The minimum atomic E-state index is -1.12. The molecule has 0 heterocycles. The van der Waals surface area contributed by atoms with Gasteiger partial charge < -0.3 is 21.3 Å². The van der Waals surface area contributed by atoms with Gasteiger partial charge in [-0.15, -0.1) is 0 Å². The van der Waals surface area contributed by atoms with E-state index >= 15 is 0 Å². The van der Waals surface area contributed by atoms with Gasteiger partial charge in [-0.2, -0.15) is 0 Å². The van der Waals surface area contributed by atoms with E-state index in [1.807, 2.05) is 0 Å². The molecule has 15 heavy (non-hydrogen) atoms. The Balaban J connectivity index is 2.85. The summed E-state index contributed by atoms with van der Waals surface area (Å²) >= 11 is 0. The molecule has 0 aromatic heterocycles. The smallest absolute Gasteiger partial charge is 0.337 e. The molecule has 1 unspecified atom stereocenters. The number of ether oxygens (including phenoxy) is 1. The maximum atomic E-state index is 11.1.